The highest BCUT2D eigenvalue weighted by atomic mass is 19.4. The summed E-state index contributed by atoms with van der Waals surface area (Å²) < 4.78 is 83.4. The second-order valence-corrected chi connectivity index (χ2v) is 7.00. The summed E-state index contributed by atoms with van der Waals surface area (Å²) in [4.78, 5) is 11.6. The predicted octanol–water partition coefficient (Wildman–Crippen LogP) is 4.16. The third-order valence-electron chi connectivity index (χ3n) is 5.40. The van der Waals surface area contributed by atoms with Gasteiger partial charge < -0.3 is 9.84 Å². The van der Waals surface area contributed by atoms with Crippen LogP contribution in [0, 0.1) is 17.8 Å². The van der Waals surface area contributed by atoms with Crippen LogP contribution in [0.3, 0.4) is 0 Å². The number of fused-ring (bicyclic) bond motifs is 1. The third-order valence-corrected chi connectivity index (χ3v) is 5.40. The van der Waals surface area contributed by atoms with Gasteiger partial charge in [-0.1, -0.05) is 6.58 Å². The lowest BCUT2D eigenvalue weighted by atomic mass is 9.68. The Morgan fingerprint density at radius 3 is 2.08 bits per heavy atom. The fourth-order valence-corrected chi connectivity index (χ4v) is 4.09. The third kappa shape index (κ3) is 3.52. The first-order valence-corrected chi connectivity index (χ1v) is 8.01. The summed E-state index contributed by atoms with van der Waals surface area (Å²) in [5, 5.41) is 9.57. The molecule has 0 radical (unpaired) electrons. The lowest BCUT2D eigenvalue weighted by Crippen LogP contribution is -2.62. The van der Waals surface area contributed by atoms with E-state index in [9.17, 15) is 36.2 Å². The van der Waals surface area contributed by atoms with Crippen molar-refractivity contribution in [1.82, 2.24) is 0 Å². The highest BCUT2D eigenvalue weighted by molar-refractivity contribution is 5.87. The number of rotatable bonds is 3. The Morgan fingerprint density at radius 1 is 1.04 bits per heavy atom. The molecule has 0 amide bonds. The normalized spacial score (nSPS) is 30.7. The van der Waals surface area contributed by atoms with Crippen molar-refractivity contribution in [2.75, 3.05) is 0 Å². The molecule has 0 aromatic rings. The lowest BCUT2D eigenvalue weighted by molar-refractivity contribution is -0.388. The topological polar surface area (TPSA) is 46.5 Å². The van der Waals surface area contributed by atoms with E-state index in [0.29, 0.717) is 12.8 Å². The Hall–Kier alpha value is -1.25. The zero-order chi connectivity index (χ0) is 19.2. The number of hydrogen-bond acceptors (Lipinski definition) is 3. The van der Waals surface area contributed by atoms with Crippen LogP contribution in [-0.4, -0.2) is 35.1 Å². The molecule has 9 heteroatoms. The van der Waals surface area contributed by atoms with E-state index in [0.717, 1.165) is 0 Å². The van der Waals surface area contributed by atoms with Crippen LogP contribution in [0.4, 0.5) is 26.3 Å². The van der Waals surface area contributed by atoms with Gasteiger partial charge in [-0.05, 0) is 50.9 Å². The number of hydrogen-bond donors (Lipinski definition) is 1. The van der Waals surface area contributed by atoms with E-state index in [4.69, 9.17) is 4.74 Å². The van der Waals surface area contributed by atoms with Crippen molar-refractivity contribution < 1.29 is 41.0 Å². The molecule has 2 rings (SSSR count). The molecule has 0 bridgehead atoms. The Bertz CT molecular complexity index is 525. The highest BCUT2D eigenvalue weighted by Crippen LogP contribution is 2.55. The first-order chi connectivity index (χ1) is 11.3. The molecule has 0 spiro atoms. The van der Waals surface area contributed by atoms with E-state index < -0.39 is 54.7 Å². The molecule has 0 aromatic carbocycles. The van der Waals surface area contributed by atoms with Crippen molar-refractivity contribution in [1.29, 1.82) is 0 Å². The molecule has 2 saturated carbocycles. The van der Waals surface area contributed by atoms with E-state index in [-0.39, 0.29) is 17.9 Å². The summed E-state index contributed by atoms with van der Waals surface area (Å²) in [6.45, 7) is 4.90. The summed E-state index contributed by atoms with van der Waals surface area (Å²) in [5.74, 6) is -3.30. The number of carbonyl (C=O) groups excluding carboxylic acids is 1. The minimum atomic E-state index is -5.80. The van der Waals surface area contributed by atoms with E-state index in [1.807, 2.05) is 0 Å². The molecule has 2 aliphatic rings. The Morgan fingerprint density at radius 2 is 1.60 bits per heavy atom. The predicted molar refractivity (Wildman–Crippen MR) is 75.3 cm³/mol. The van der Waals surface area contributed by atoms with E-state index in [1.165, 1.54) is 6.92 Å². The zero-order valence-corrected chi connectivity index (χ0v) is 13.6. The van der Waals surface area contributed by atoms with Crippen LogP contribution in [0.2, 0.25) is 0 Å². The van der Waals surface area contributed by atoms with Crippen molar-refractivity contribution in [3.63, 3.8) is 0 Å². The monoisotopic (exact) mass is 374 g/mol. The Kier molecular flexibility index (Phi) is 5.20. The van der Waals surface area contributed by atoms with Crippen molar-refractivity contribution in [2.24, 2.45) is 17.8 Å². The molecule has 0 aromatic heterocycles. The van der Waals surface area contributed by atoms with Gasteiger partial charge in [-0.3, -0.25) is 0 Å². The summed E-state index contributed by atoms with van der Waals surface area (Å²) >= 11 is 0. The molecule has 3 nitrogen and oxygen atoms in total. The SMILES string of the molecule is C=C(C)C(=O)OC1CCC2CC(C(O)(C(F)(F)F)C(F)(F)F)CCC21. The quantitative estimate of drug-likeness (QED) is 0.459. The molecule has 1 N–H and O–H groups in total. The number of esters is 1. The van der Waals surface area contributed by atoms with Crippen molar-refractivity contribution in [3.8, 4) is 0 Å². The average Bonchev–Trinajstić information content (AvgIpc) is 2.86. The van der Waals surface area contributed by atoms with Crippen LogP contribution in [0.25, 0.3) is 0 Å². The minimum Gasteiger partial charge on any atom is -0.459 e. The summed E-state index contributed by atoms with van der Waals surface area (Å²) in [5.41, 5.74) is -4.53. The van der Waals surface area contributed by atoms with Crippen LogP contribution >= 0.6 is 0 Å². The van der Waals surface area contributed by atoms with Gasteiger partial charge in [0.05, 0.1) is 0 Å². The lowest BCUT2D eigenvalue weighted by Gasteiger charge is -2.43. The number of carbonyl (C=O) groups is 1. The summed E-state index contributed by atoms with van der Waals surface area (Å²) in [6, 6.07) is 0. The van der Waals surface area contributed by atoms with Gasteiger partial charge in [0.2, 0.25) is 0 Å². The molecule has 4 unspecified atom stereocenters. The van der Waals surface area contributed by atoms with Gasteiger partial charge in [0.1, 0.15) is 6.10 Å². The molecule has 25 heavy (non-hydrogen) atoms. The number of ether oxygens (including phenoxy) is 1. The number of halogens is 6. The maximum absolute atomic E-state index is 13.0. The smallest absolute Gasteiger partial charge is 0.426 e. The van der Waals surface area contributed by atoms with Crippen LogP contribution in [0.15, 0.2) is 12.2 Å². The van der Waals surface area contributed by atoms with Crippen molar-refractivity contribution in [3.05, 3.63) is 12.2 Å². The van der Waals surface area contributed by atoms with Gasteiger partial charge in [0.25, 0.3) is 5.60 Å². The molecule has 144 valence electrons. The van der Waals surface area contributed by atoms with Crippen LogP contribution in [0.1, 0.15) is 39.0 Å². The number of alkyl halides is 6. The molecule has 2 aliphatic carbocycles. The Labute approximate surface area is 141 Å². The van der Waals surface area contributed by atoms with E-state index >= 15 is 0 Å². The molecular weight excluding hydrogens is 354 g/mol. The van der Waals surface area contributed by atoms with Crippen molar-refractivity contribution >= 4 is 5.97 Å². The Balaban J connectivity index is 2.14. The average molecular weight is 374 g/mol. The maximum atomic E-state index is 13.0. The van der Waals surface area contributed by atoms with Gasteiger partial charge in [-0.15, -0.1) is 0 Å². The highest BCUT2D eigenvalue weighted by Gasteiger charge is 2.74. The van der Waals surface area contributed by atoms with Gasteiger partial charge in [-0.2, -0.15) is 26.3 Å². The van der Waals surface area contributed by atoms with Crippen LogP contribution in [-0.2, 0) is 9.53 Å². The maximum Gasteiger partial charge on any atom is 0.426 e. The second-order valence-electron chi connectivity index (χ2n) is 7.00. The van der Waals surface area contributed by atoms with Gasteiger partial charge in [0, 0.05) is 11.5 Å². The minimum absolute atomic E-state index is 0.0396. The van der Waals surface area contributed by atoms with E-state index in [2.05, 4.69) is 6.58 Å². The van der Waals surface area contributed by atoms with Gasteiger partial charge >= 0.3 is 18.3 Å². The van der Waals surface area contributed by atoms with Gasteiger partial charge in [-0.25, -0.2) is 4.79 Å². The molecule has 0 aliphatic heterocycles. The zero-order valence-electron chi connectivity index (χ0n) is 13.6. The first-order valence-electron chi connectivity index (χ1n) is 8.01. The fourth-order valence-electron chi connectivity index (χ4n) is 4.09. The summed E-state index contributed by atoms with van der Waals surface area (Å²) in [7, 11) is 0. The first kappa shape index (κ1) is 20.1. The molecule has 0 saturated heterocycles. The van der Waals surface area contributed by atoms with Crippen LogP contribution < -0.4 is 0 Å². The standard InChI is InChI=1S/C16H20F6O3/c1-8(2)13(23)25-12-6-3-9-7-10(4-5-11(9)12)14(24,15(17,18)19)16(20,21)22/h9-12,24H,1,3-7H2,2H3. The molecular formula is C16H20F6O3. The molecule has 4 atom stereocenters. The second kappa shape index (κ2) is 6.48. The van der Waals surface area contributed by atoms with Crippen molar-refractivity contribution in [2.45, 2.75) is 63.1 Å². The van der Waals surface area contributed by atoms with Crippen LogP contribution in [0.5, 0.6) is 0 Å². The molecule has 2 fully saturated rings. The molecule has 0 heterocycles. The largest absolute Gasteiger partial charge is 0.459 e. The summed E-state index contributed by atoms with van der Waals surface area (Å²) in [6.07, 6.45) is -12.2. The van der Waals surface area contributed by atoms with E-state index in [1.54, 1.807) is 0 Å². The van der Waals surface area contributed by atoms with Gasteiger partial charge in [0.15, 0.2) is 0 Å². The fraction of sp³-hybridized carbons (Fsp3) is 0.812. The number of aliphatic hydroxyl groups is 1.